The van der Waals surface area contributed by atoms with E-state index in [1.807, 2.05) is 12.1 Å². The Hall–Kier alpha value is -1.23. The van der Waals surface area contributed by atoms with Crippen molar-refractivity contribution >= 4 is 21.8 Å². The van der Waals surface area contributed by atoms with Gasteiger partial charge in [-0.2, -0.15) is 0 Å². The van der Waals surface area contributed by atoms with Crippen molar-refractivity contribution in [2.45, 2.75) is 19.3 Å². The van der Waals surface area contributed by atoms with E-state index in [1.165, 1.54) is 12.8 Å². The van der Waals surface area contributed by atoms with E-state index in [4.69, 9.17) is 15.7 Å². The molecule has 0 atom stereocenters. The predicted molar refractivity (Wildman–Crippen MR) is 69.5 cm³/mol. The lowest BCUT2D eigenvalue weighted by Crippen LogP contribution is -2.15. The molecule has 5 heteroatoms. The number of hydrogen-bond donors (Lipinski definition) is 2. The summed E-state index contributed by atoms with van der Waals surface area (Å²) >= 11 is 3.38. The fourth-order valence-electron chi connectivity index (χ4n) is 1.62. The Bertz CT molecular complexity index is 431. The Morgan fingerprint density at radius 3 is 2.94 bits per heavy atom. The first-order chi connectivity index (χ1) is 8.20. The minimum Gasteiger partial charge on any atom is -0.493 e. The highest BCUT2D eigenvalue weighted by molar-refractivity contribution is 9.10. The molecule has 0 bridgehead atoms. The zero-order valence-corrected chi connectivity index (χ0v) is 11.0. The fraction of sp³-hybridized carbons (Fsp3) is 0.417. The number of oxime groups is 1. The molecule has 1 aromatic carbocycles. The molecule has 0 saturated heterocycles. The first-order valence-corrected chi connectivity index (χ1v) is 6.40. The Kier molecular flexibility index (Phi) is 3.89. The number of nitrogens with zero attached hydrogens (tertiary/aromatic N) is 1. The van der Waals surface area contributed by atoms with Crippen LogP contribution in [0.4, 0.5) is 0 Å². The van der Waals surface area contributed by atoms with Crippen molar-refractivity contribution in [2.75, 3.05) is 6.61 Å². The lowest BCUT2D eigenvalue weighted by Gasteiger charge is -2.10. The molecule has 17 heavy (non-hydrogen) atoms. The van der Waals surface area contributed by atoms with E-state index in [-0.39, 0.29) is 5.84 Å². The zero-order valence-electron chi connectivity index (χ0n) is 9.40. The van der Waals surface area contributed by atoms with Crippen LogP contribution in [0.5, 0.6) is 5.75 Å². The van der Waals surface area contributed by atoms with E-state index in [2.05, 4.69) is 21.1 Å². The first kappa shape index (κ1) is 12.2. The van der Waals surface area contributed by atoms with Crippen molar-refractivity contribution in [3.63, 3.8) is 0 Å². The van der Waals surface area contributed by atoms with E-state index in [1.54, 1.807) is 6.07 Å². The summed E-state index contributed by atoms with van der Waals surface area (Å²) in [7, 11) is 0. The zero-order chi connectivity index (χ0) is 12.3. The molecule has 1 aliphatic rings. The molecular formula is C12H15BrN2O2. The highest BCUT2D eigenvalue weighted by Crippen LogP contribution is 2.32. The number of nitrogens with two attached hydrogens (primary N) is 1. The first-order valence-electron chi connectivity index (χ1n) is 5.61. The summed E-state index contributed by atoms with van der Waals surface area (Å²) in [6, 6.07) is 5.44. The van der Waals surface area contributed by atoms with Gasteiger partial charge in [0.25, 0.3) is 0 Å². The third-order valence-electron chi connectivity index (χ3n) is 2.81. The van der Waals surface area contributed by atoms with Crippen molar-refractivity contribution in [3.8, 4) is 5.75 Å². The molecule has 4 nitrogen and oxygen atoms in total. The molecule has 0 unspecified atom stereocenters. The van der Waals surface area contributed by atoms with E-state index < -0.39 is 0 Å². The number of rotatable bonds is 5. The van der Waals surface area contributed by atoms with Gasteiger partial charge < -0.3 is 15.7 Å². The van der Waals surface area contributed by atoms with Gasteiger partial charge >= 0.3 is 0 Å². The van der Waals surface area contributed by atoms with Crippen LogP contribution in [-0.2, 0) is 0 Å². The largest absolute Gasteiger partial charge is 0.493 e. The highest BCUT2D eigenvalue weighted by Gasteiger charge is 2.21. The van der Waals surface area contributed by atoms with E-state index in [0.29, 0.717) is 17.9 Å². The maximum atomic E-state index is 8.70. The summed E-state index contributed by atoms with van der Waals surface area (Å²) in [6.07, 6.45) is 3.70. The molecule has 1 aliphatic carbocycles. The normalized spacial score (nSPS) is 15.9. The maximum Gasteiger partial charge on any atom is 0.173 e. The Morgan fingerprint density at radius 1 is 1.53 bits per heavy atom. The molecule has 92 valence electrons. The monoisotopic (exact) mass is 298 g/mol. The molecule has 0 spiro atoms. The number of halogens is 1. The quantitative estimate of drug-likeness (QED) is 0.380. The fourth-order valence-corrected chi connectivity index (χ4v) is 1.96. The Labute approximate surface area is 109 Å². The third-order valence-corrected chi connectivity index (χ3v) is 3.30. The molecule has 1 aromatic rings. The molecule has 0 radical (unpaired) electrons. The number of ether oxygens (including phenoxy) is 1. The maximum absolute atomic E-state index is 8.70. The van der Waals surface area contributed by atoms with Crippen LogP contribution in [0.15, 0.2) is 27.8 Å². The second-order valence-corrected chi connectivity index (χ2v) is 5.12. The third kappa shape index (κ3) is 3.36. The summed E-state index contributed by atoms with van der Waals surface area (Å²) in [5.74, 6) is 1.55. The number of amidine groups is 1. The summed E-state index contributed by atoms with van der Waals surface area (Å²) in [6.45, 7) is 0.673. The van der Waals surface area contributed by atoms with E-state index in [9.17, 15) is 0 Å². The van der Waals surface area contributed by atoms with Crippen LogP contribution in [0.1, 0.15) is 24.8 Å². The molecule has 1 saturated carbocycles. The van der Waals surface area contributed by atoms with Crippen molar-refractivity contribution in [1.29, 1.82) is 0 Å². The Balaban J connectivity index is 2.08. The van der Waals surface area contributed by atoms with Gasteiger partial charge in [0.2, 0.25) is 0 Å². The van der Waals surface area contributed by atoms with Crippen LogP contribution in [0.3, 0.4) is 0 Å². The second kappa shape index (κ2) is 5.40. The van der Waals surface area contributed by atoms with Gasteiger partial charge in [0.1, 0.15) is 5.75 Å². The van der Waals surface area contributed by atoms with Gasteiger partial charge in [0, 0.05) is 4.47 Å². The van der Waals surface area contributed by atoms with E-state index >= 15 is 0 Å². The van der Waals surface area contributed by atoms with Crippen molar-refractivity contribution in [3.05, 3.63) is 28.2 Å². The summed E-state index contributed by atoms with van der Waals surface area (Å²) in [5, 5.41) is 11.7. The molecule has 0 aliphatic heterocycles. The molecule has 0 heterocycles. The average molecular weight is 299 g/mol. The number of benzene rings is 1. The van der Waals surface area contributed by atoms with Gasteiger partial charge in [-0.05, 0) is 30.5 Å². The summed E-state index contributed by atoms with van der Waals surface area (Å²) in [4.78, 5) is 0. The second-order valence-electron chi connectivity index (χ2n) is 4.21. The van der Waals surface area contributed by atoms with Crippen LogP contribution >= 0.6 is 15.9 Å². The minimum absolute atomic E-state index is 0.0684. The SMILES string of the molecule is N/C(=N/O)c1ccc(Br)cc1OCCC1CC1. The lowest BCUT2D eigenvalue weighted by atomic mass is 10.2. The van der Waals surface area contributed by atoms with Crippen molar-refractivity contribution < 1.29 is 9.94 Å². The molecule has 0 amide bonds. The van der Waals surface area contributed by atoms with Crippen molar-refractivity contribution in [2.24, 2.45) is 16.8 Å². The molecular weight excluding hydrogens is 284 g/mol. The summed E-state index contributed by atoms with van der Waals surface area (Å²) < 4.78 is 6.60. The van der Waals surface area contributed by atoms with E-state index in [0.717, 1.165) is 16.8 Å². The molecule has 2 rings (SSSR count). The van der Waals surface area contributed by atoms with Gasteiger partial charge in [-0.3, -0.25) is 0 Å². The summed E-state index contributed by atoms with van der Waals surface area (Å²) in [5.41, 5.74) is 6.21. The van der Waals surface area contributed by atoms with Crippen molar-refractivity contribution in [1.82, 2.24) is 0 Å². The number of hydrogen-bond acceptors (Lipinski definition) is 3. The standard InChI is InChI=1S/C12H15BrN2O2/c13-9-3-4-10(12(14)15-16)11(7-9)17-6-5-8-1-2-8/h3-4,7-8,16H,1-2,5-6H2,(H2,14,15). The van der Waals surface area contributed by atoms with Gasteiger partial charge in [0.05, 0.1) is 12.2 Å². The molecule has 1 fully saturated rings. The molecule has 3 N–H and O–H groups in total. The van der Waals surface area contributed by atoms with Crippen LogP contribution in [-0.4, -0.2) is 17.6 Å². The highest BCUT2D eigenvalue weighted by atomic mass is 79.9. The Morgan fingerprint density at radius 2 is 2.29 bits per heavy atom. The minimum atomic E-state index is 0.0684. The van der Waals surface area contributed by atoms with Crippen LogP contribution in [0, 0.1) is 5.92 Å². The van der Waals surface area contributed by atoms with Crippen LogP contribution in [0.2, 0.25) is 0 Å². The topological polar surface area (TPSA) is 67.8 Å². The van der Waals surface area contributed by atoms with Gasteiger partial charge in [-0.25, -0.2) is 0 Å². The van der Waals surface area contributed by atoms with Gasteiger partial charge in [-0.1, -0.05) is 33.9 Å². The predicted octanol–water partition coefficient (Wildman–Crippen LogP) is 2.72. The van der Waals surface area contributed by atoms with Gasteiger partial charge in [-0.15, -0.1) is 0 Å². The van der Waals surface area contributed by atoms with Crippen LogP contribution < -0.4 is 10.5 Å². The average Bonchev–Trinajstić information content (AvgIpc) is 3.12. The van der Waals surface area contributed by atoms with Gasteiger partial charge in [0.15, 0.2) is 5.84 Å². The van der Waals surface area contributed by atoms with Crippen LogP contribution in [0.25, 0.3) is 0 Å². The lowest BCUT2D eigenvalue weighted by molar-refractivity contribution is 0.300. The molecule has 0 aromatic heterocycles. The smallest absolute Gasteiger partial charge is 0.173 e.